The molecule has 1 aromatic carbocycles. The van der Waals surface area contributed by atoms with Crippen molar-refractivity contribution in [2.24, 2.45) is 0 Å². The van der Waals surface area contributed by atoms with Crippen molar-refractivity contribution in [3.8, 4) is 17.1 Å². The average molecular weight is 553 g/mol. The zero-order valence-electron chi connectivity index (χ0n) is 20.4. The molecule has 3 aliphatic carbocycles. The molecule has 2 heterocycles. The van der Waals surface area contributed by atoms with Crippen LogP contribution in [0.3, 0.4) is 0 Å². The SMILES string of the molecule is O=S(=O)(N[C@H]1CCC[C@@H](n2cnnc2C2CC2)C1)c1ccc(-c2noc(C3CCC3)n2)cc1OC(F)(F)F. The van der Waals surface area contributed by atoms with Crippen molar-refractivity contribution in [2.45, 2.75) is 93.0 Å². The molecule has 2 aromatic heterocycles. The summed E-state index contributed by atoms with van der Waals surface area (Å²) < 4.78 is 80.6. The minimum atomic E-state index is -5.10. The lowest BCUT2D eigenvalue weighted by atomic mass is 9.85. The van der Waals surface area contributed by atoms with Crippen LogP contribution < -0.4 is 9.46 Å². The van der Waals surface area contributed by atoms with Gasteiger partial charge in [0.2, 0.25) is 21.7 Å². The predicted molar refractivity (Wildman–Crippen MR) is 127 cm³/mol. The second kappa shape index (κ2) is 9.63. The fourth-order valence-electron chi connectivity index (χ4n) is 5.22. The van der Waals surface area contributed by atoms with Crippen LogP contribution in [-0.2, 0) is 10.0 Å². The van der Waals surface area contributed by atoms with E-state index in [1.807, 2.05) is 4.57 Å². The monoisotopic (exact) mass is 552 g/mol. The molecule has 0 unspecified atom stereocenters. The average Bonchev–Trinajstić information content (AvgIpc) is 3.34. The lowest BCUT2D eigenvalue weighted by molar-refractivity contribution is -0.275. The van der Waals surface area contributed by atoms with Gasteiger partial charge in [-0.1, -0.05) is 11.6 Å². The van der Waals surface area contributed by atoms with Crippen LogP contribution in [0.25, 0.3) is 11.4 Å². The van der Waals surface area contributed by atoms with E-state index >= 15 is 0 Å². The number of alkyl halides is 3. The largest absolute Gasteiger partial charge is 0.573 e. The summed E-state index contributed by atoms with van der Waals surface area (Å²) in [7, 11) is -4.35. The molecule has 0 aliphatic heterocycles. The van der Waals surface area contributed by atoms with Gasteiger partial charge in [0, 0.05) is 29.5 Å². The molecular formula is C24H27F3N6O4S. The first kappa shape index (κ1) is 25.3. The third-order valence-electron chi connectivity index (χ3n) is 7.52. The Hall–Kier alpha value is -3.00. The molecule has 3 fully saturated rings. The number of benzene rings is 1. The number of aromatic nitrogens is 5. The van der Waals surface area contributed by atoms with Gasteiger partial charge >= 0.3 is 6.36 Å². The smallest absolute Gasteiger partial charge is 0.404 e. The van der Waals surface area contributed by atoms with Crippen LogP contribution in [0.5, 0.6) is 5.75 Å². The van der Waals surface area contributed by atoms with Gasteiger partial charge in [-0.25, -0.2) is 13.1 Å². The van der Waals surface area contributed by atoms with Crippen LogP contribution in [0.2, 0.25) is 0 Å². The molecule has 0 bridgehead atoms. The number of rotatable bonds is 8. The minimum Gasteiger partial charge on any atom is -0.404 e. The summed E-state index contributed by atoms with van der Waals surface area (Å²) in [6.45, 7) is 0. The Kier molecular flexibility index (Phi) is 6.41. The van der Waals surface area contributed by atoms with Crippen LogP contribution >= 0.6 is 0 Å². The highest BCUT2D eigenvalue weighted by molar-refractivity contribution is 7.89. The number of nitrogens with one attached hydrogen (secondary N) is 1. The molecule has 0 amide bonds. The molecule has 3 aromatic rings. The van der Waals surface area contributed by atoms with Crippen LogP contribution in [0.1, 0.15) is 87.4 Å². The molecular weight excluding hydrogens is 525 g/mol. The summed E-state index contributed by atoms with van der Waals surface area (Å²) in [4.78, 5) is 3.68. The van der Waals surface area contributed by atoms with Gasteiger partial charge in [-0.15, -0.1) is 23.4 Å². The first-order valence-electron chi connectivity index (χ1n) is 12.8. The lowest BCUT2D eigenvalue weighted by Gasteiger charge is -2.31. The van der Waals surface area contributed by atoms with Crippen molar-refractivity contribution in [3.05, 3.63) is 36.2 Å². The summed E-state index contributed by atoms with van der Waals surface area (Å²) in [5.74, 6) is 1.10. The summed E-state index contributed by atoms with van der Waals surface area (Å²) in [6.07, 6.45) is 4.23. The normalized spacial score (nSPS) is 22.8. The molecule has 3 aliphatic rings. The van der Waals surface area contributed by atoms with Crippen molar-refractivity contribution in [1.82, 2.24) is 29.6 Å². The molecule has 3 saturated carbocycles. The number of halogens is 3. The molecule has 38 heavy (non-hydrogen) atoms. The number of hydrogen-bond acceptors (Lipinski definition) is 8. The standard InChI is InChI=1S/C24H27F3N6O4S/c25-24(26,27)36-19-11-16(21-29-23(37-31-21)15-3-1-4-15)9-10-20(19)38(34,35)32-17-5-2-6-18(12-17)33-13-28-30-22(33)14-7-8-14/h9-11,13-15,17-18,32H,1-8,12H2/t17-,18+/m0/s1. The molecule has 204 valence electrons. The summed E-state index contributed by atoms with van der Waals surface area (Å²) >= 11 is 0. The van der Waals surface area contributed by atoms with Crippen LogP contribution in [0.4, 0.5) is 13.2 Å². The Morgan fingerprint density at radius 1 is 1.05 bits per heavy atom. The molecule has 0 spiro atoms. The van der Waals surface area contributed by atoms with Gasteiger partial charge in [0.25, 0.3) is 0 Å². The summed E-state index contributed by atoms with van der Waals surface area (Å²) in [5.41, 5.74) is 0.162. The fraction of sp³-hybridized carbons (Fsp3) is 0.583. The topological polar surface area (TPSA) is 125 Å². The van der Waals surface area contributed by atoms with Crippen LogP contribution in [0, 0.1) is 0 Å². The van der Waals surface area contributed by atoms with Crippen LogP contribution in [-0.4, -0.2) is 45.7 Å². The number of sulfonamides is 1. The fourth-order valence-corrected chi connectivity index (χ4v) is 6.61. The van der Waals surface area contributed by atoms with Gasteiger partial charge in [-0.3, -0.25) is 0 Å². The molecule has 10 nitrogen and oxygen atoms in total. The lowest BCUT2D eigenvalue weighted by Crippen LogP contribution is -2.39. The molecule has 6 rings (SSSR count). The van der Waals surface area contributed by atoms with Gasteiger partial charge in [0.15, 0.2) is 0 Å². The van der Waals surface area contributed by atoms with E-state index < -0.39 is 33.1 Å². The Balaban J connectivity index is 1.24. The predicted octanol–water partition coefficient (Wildman–Crippen LogP) is 4.83. The first-order chi connectivity index (χ1) is 18.2. The van der Waals surface area contributed by atoms with Gasteiger partial charge in [-0.05, 0) is 69.6 Å². The third kappa shape index (κ3) is 5.28. The van der Waals surface area contributed by atoms with E-state index in [-0.39, 0.29) is 23.3 Å². The van der Waals surface area contributed by atoms with Crippen molar-refractivity contribution in [1.29, 1.82) is 0 Å². The first-order valence-corrected chi connectivity index (χ1v) is 14.3. The molecule has 1 N–H and O–H groups in total. The maximum absolute atomic E-state index is 13.3. The number of hydrogen-bond donors (Lipinski definition) is 1. The van der Waals surface area contributed by atoms with E-state index in [0.29, 0.717) is 24.7 Å². The Bertz CT molecular complexity index is 1410. The summed E-state index contributed by atoms with van der Waals surface area (Å²) in [5, 5.41) is 12.1. The molecule has 2 atom stereocenters. The van der Waals surface area contributed by atoms with Crippen LogP contribution in [0.15, 0.2) is 33.9 Å². The maximum atomic E-state index is 13.3. The highest BCUT2D eigenvalue weighted by Crippen LogP contribution is 2.42. The van der Waals surface area contributed by atoms with E-state index in [1.54, 1.807) is 6.33 Å². The highest BCUT2D eigenvalue weighted by atomic mass is 32.2. The van der Waals surface area contributed by atoms with Crippen molar-refractivity contribution >= 4 is 10.0 Å². The van der Waals surface area contributed by atoms with Gasteiger partial charge in [-0.2, -0.15) is 4.98 Å². The van der Waals surface area contributed by atoms with Gasteiger partial charge in [0.1, 0.15) is 22.8 Å². The Morgan fingerprint density at radius 3 is 2.55 bits per heavy atom. The van der Waals surface area contributed by atoms with Crippen molar-refractivity contribution in [2.75, 3.05) is 0 Å². The second-order valence-electron chi connectivity index (χ2n) is 10.3. The maximum Gasteiger partial charge on any atom is 0.573 e. The zero-order chi connectivity index (χ0) is 26.5. The Morgan fingerprint density at radius 2 is 1.84 bits per heavy atom. The summed E-state index contributed by atoms with van der Waals surface area (Å²) in [6, 6.07) is 2.98. The second-order valence-corrected chi connectivity index (χ2v) is 12.0. The Labute approximate surface area is 217 Å². The number of ether oxygens (including phenoxy) is 1. The van der Waals surface area contributed by atoms with Gasteiger partial charge in [0.05, 0.1) is 0 Å². The zero-order valence-corrected chi connectivity index (χ0v) is 21.2. The highest BCUT2D eigenvalue weighted by Gasteiger charge is 2.37. The molecule has 0 saturated heterocycles. The van der Waals surface area contributed by atoms with E-state index in [9.17, 15) is 21.6 Å². The van der Waals surface area contributed by atoms with E-state index in [2.05, 4.69) is 29.8 Å². The number of nitrogens with zero attached hydrogens (tertiary/aromatic N) is 5. The van der Waals surface area contributed by atoms with E-state index in [1.165, 1.54) is 6.07 Å². The van der Waals surface area contributed by atoms with Crippen molar-refractivity contribution in [3.63, 3.8) is 0 Å². The van der Waals surface area contributed by atoms with Gasteiger partial charge < -0.3 is 13.8 Å². The van der Waals surface area contributed by atoms with E-state index in [0.717, 1.165) is 62.9 Å². The third-order valence-corrected chi connectivity index (χ3v) is 9.08. The van der Waals surface area contributed by atoms with E-state index in [4.69, 9.17) is 4.52 Å². The van der Waals surface area contributed by atoms with Crippen molar-refractivity contribution < 1.29 is 30.8 Å². The molecule has 14 heteroatoms. The quantitative estimate of drug-likeness (QED) is 0.421. The minimum absolute atomic E-state index is 0.0124. The molecule has 0 radical (unpaired) electrons.